The van der Waals surface area contributed by atoms with E-state index < -0.39 is 0 Å². The van der Waals surface area contributed by atoms with Crippen LogP contribution in [0.2, 0.25) is 0 Å². The van der Waals surface area contributed by atoms with E-state index in [2.05, 4.69) is 20.8 Å². The SMILES string of the molecule is CC(=O)OC1CC[C@@]2(C)C(CC[C@H]3[C@@H]4C[C@@H]5O[C@H](CCC(C)C=O)[C@@H](C)[C@@H]5[C@@]4(C)CC[C@@H]32)C1. The molecule has 0 bridgehead atoms. The zero-order valence-corrected chi connectivity index (χ0v) is 21.6. The second kappa shape index (κ2) is 8.64. The monoisotopic (exact) mass is 458 g/mol. The van der Waals surface area contributed by atoms with Crippen molar-refractivity contribution in [1.29, 1.82) is 0 Å². The van der Waals surface area contributed by atoms with Crippen LogP contribution in [0.1, 0.15) is 98.8 Å². The molecule has 0 radical (unpaired) electrons. The molecule has 0 N–H and O–H groups in total. The third-order valence-corrected chi connectivity index (χ3v) is 11.7. The Labute approximate surface area is 200 Å². The van der Waals surface area contributed by atoms with Gasteiger partial charge in [-0.15, -0.1) is 0 Å². The van der Waals surface area contributed by atoms with E-state index in [-0.39, 0.29) is 18.0 Å². The fourth-order valence-corrected chi connectivity index (χ4v) is 10.1. The second-order valence-corrected chi connectivity index (χ2v) is 13.2. The number of rotatable bonds is 5. The van der Waals surface area contributed by atoms with Gasteiger partial charge in [0.2, 0.25) is 0 Å². The van der Waals surface area contributed by atoms with Gasteiger partial charge in [0.15, 0.2) is 0 Å². The van der Waals surface area contributed by atoms with Crippen LogP contribution in [0.15, 0.2) is 0 Å². The number of esters is 1. The van der Waals surface area contributed by atoms with E-state index in [0.717, 1.165) is 49.7 Å². The maximum Gasteiger partial charge on any atom is 0.302 e. The molecule has 5 fully saturated rings. The van der Waals surface area contributed by atoms with Crippen molar-refractivity contribution in [2.45, 2.75) is 117 Å². The van der Waals surface area contributed by atoms with E-state index in [0.29, 0.717) is 40.8 Å². The van der Waals surface area contributed by atoms with E-state index in [1.165, 1.54) is 38.5 Å². The lowest BCUT2D eigenvalue weighted by atomic mass is 9.44. The number of fused-ring (bicyclic) bond motifs is 7. The fourth-order valence-electron chi connectivity index (χ4n) is 10.1. The molecule has 3 unspecified atom stereocenters. The van der Waals surface area contributed by atoms with Gasteiger partial charge in [-0.1, -0.05) is 27.7 Å². The molecule has 5 aliphatic rings. The van der Waals surface area contributed by atoms with Crippen LogP contribution in [0.5, 0.6) is 0 Å². The Bertz CT molecular complexity index is 765. The zero-order chi connectivity index (χ0) is 23.5. The molecule has 0 aromatic carbocycles. The van der Waals surface area contributed by atoms with Gasteiger partial charge >= 0.3 is 5.97 Å². The summed E-state index contributed by atoms with van der Waals surface area (Å²) in [7, 11) is 0. The Balaban J connectivity index is 1.29. The molecule has 12 atom stereocenters. The van der Waals surface area contributed by atoms with Gasteiger partial charge in [0, 0.05) is 12.8 Å². The number of carbonyl (C=O) groups excluding carboxylic acids is 2. The maximum absolute atomic E-state index is 11.5. The van der Waals surface area contributed by atoms with Crippen molar-refractivity contribution in [1.82, 2.24) is 0 Å². The van der Waals surface area contributed by atoms with Crippen molar-refractivity contribution >= 4 is 12.3 Å². The van der Waals surface area contributed by atoms with Gasteiger partial charge in [0.1, 0.15) is 12.4 Å². The highest BCUT2D eigenvalue weighted by atomic mass is 16.5. The number of hydrogen-bond donors (Lipinski definition) is 0. The molecule has 0 spiro atoms. The predicted octanol–water partition coefficient (Wildman–Crippen LogP) is 6.21. The van der Waals surface area contributed by atoms with Crippen LogP contribution in [0.3, 0.4) is 0 Å². The first-order valence-electron chi connectivity index (χ1n) is 14.0. The zero-order valence-electron chi connectivity index (χ0n) is 21.6. The van der Waals surface area contributed by atoms with Crippen LogP contribution in [0.25, 0.3) is 0 Å². The van der Waals surface area contributed by atoms with Crippen molar-refractivity contribution in [2.24, 2.45) is 52.3 Å². The van der Waals surface area contributed by atoms with E-state index in [1.807, 2.05) is 6.92 Å². The lowest BCUT2D eigenvalue weighted by Gasteiger charge is -2.61. The quantitative estimate of drug-likeness (QED) is 0.363. The molecular weight excluding hydrogens is 412 g/mol. The molecule has 5 rings (SSSR count). The van der Waals surface area contributed by atoms with E-state index in [4.69, 9.17) is 9.47 Å². The van der Waals surface area contributed by atoms with Gasteiger partial charge in [-0.05, 0) is 111 Å². The Morgan fingerprint density at radius 3 is 2.58 bits per heavy atom. The normalized spacial score (nSPS) is 51.6. The summed E-state index contributed by atoms with van der Waals surface area (Å²) in [5, 5.41) is 0. The van der Waals surface area contributed by atoms with Gasteiger partial charge < -0.3 is 14.3 Å². The number of ether oxygens (including phenoxy) is 2. The molecule has 1 saturated heterocycles. The van der Waals surface area contributed by atoms with Gasteiger partial charge in [0.05, 0.1) is 12.2 Å². The first-order chi connectivity index (χ1) is 15.7. The van der Waals surface area contributed by atoms with Crippen LogP contribution >= 0.6 is 0 Å². The smallest absolute Gasteiger partial charge is 0.302 e. The second-order valence-electron chi connectivity index (χ2n) is 13.2. The highest BCUT2D eigenvalue weighted by Gasteiger charge is 2.65. The molecule has 4 nitrogen and oxygen atoms in total. The van der Waals surface area contributed by atoms with Gasteiger partial charge in [0.25, 0.3) is 0 Å². The van der Waals surface area contributed by atoms with Gasteiger partial charge in [-0.2, -0.15) is 0 Å². The Hall–Kier alpha value is -0.900. The van der Waals surface area contributed by atoms with E-state index in [1.54, 1.807) is 6.92 Å². The largest absolute Gasteiger partial charge is 0.463 e. The molecule has 33 heavy (non-hydrogen) atoms. The molecule has 1 aliphatic heterocycles. The molecule has 0 amide bonds. The summed E-state index contributed by atoms with van der Waals surface area (Å²) in [6.07, 6.45) is 14.0. The average Bonchev–Trinajstić information content (AvgIpc) is 3.25. The van der Waals surface area contributed by atoms with Crippen LogP contribution in [0.4, 0.5) is 0 Å². The highest BCUT2D eigenvalue weighted by molar-refractivity contribution is 5.66. The van der Waals surface area contributed by atoms with Crippen LogP contribution in [-0.2, 0) is 19.1 Å². The summed E-state index contributed by atoms with van der Waals surface area (Å²) in [5.41, 5.74) is 0.826. The highest BCUT2D eigenvalue weighted by Crippen LogP contribution is 2.70. The summed E-state index contributed by atoms with van der Waals surface area (Å²) in [5.74, 6) is 4.49. The minimum absolute atomic E-state index is 0.115. The van der Waals surface area contributed by atoms with Crippen molar-refractivity contribution in [3.63, 3.8) is 0 Å². The number of hydrogen-bond acceptors (Lipinski definition) is 4. The first kappa shape index (κ1) is 23.8. The molecule has 0 aromatic heterocycles. The topological polar surface area (TPSA) is 52.6 Å². The maximum atomic E-state index is 11.5. The van der Waals surface area contributed by atoms with Crippen molar-refractivity contribution in [2.75, 3.05) is 0 Å². The van der Waals surface area contributed by atoms with Gasteiger partial charge in [-0.3, -0.25) is 4.79 Å². The van der Waals surface area contributed by atoms with Crippen molar-refractivity contribution < 1.29 is 19.1 Å². The minimum Gasteiger partial charge on any atom is -0.463 e. The summed E-state index contributed by atoms with van der Waals surface area (Å²) in [4.78, 5) is 22.6. The molecule has 4 heteroatoms. The third-order valence-electron chi connectivity index (χ3n) is 11.7. The number of aldehydes is 1. The standard InChI is InChI=1S/C29H46O4/c1-17(16-30)6-9-25-18(2)27-26(33-25)15-24-22-8-7-20-14-21(32-19(3)31)10-12-28(20,4)23(22)11-13-29(24,27)5/h16-18,20-27H,6-15H2,1-5H3/t17?,18-,20?,21?,22-,23+,24+,25-,26+,27+,28+,29+/m1/s1. The van der Waals surface area contributed by atoms with Crippen LogP contribution < -0.4 is 0 Å². The molecule has 186 valence electrons. The molecular formula is C29H46O4. The average molecular weight is 459 g/mol. The van der Waals surface area contributed by atoms with Gasteiger partial charge in [-0.25, -0.2) is 0 Å². The summed E-state index contributed by atoms with van der Waals surface area (Å²) < 4.78 is 12.4. The lowest BCUT2D eigenvalue weighted by molar-refractivity contribution is -0.160. The Morgan fingerprint density at radius 1 is 1.09 bits per heavy atom. The van der Waals surface area contributed by atoms with Crippen molar-refractivity contribution in [3.05, 3.63) is 0 Å². The first-order valence-corrected chi connectivity index (χ1v) is 14.0. The molecule has 1 heterocycles. The van der Waals surface area contributed by atoms with Crippen LogP contribution in [-0.4, -0.2) is 30.6 Å². The summed E-state index contributed by atoms with van der Waals surface area (Å²) in [6.45, 7) is 11.2. The fraction of sp³-hybridized carbons (Fsp3) is 0.931. The Morgan fingerprint density at radius 2 is 1.85 bits per heavy atom. The van der Waals surface area contributed by atoms with Crippen molar-refractivity contribution in [3.8, 4) is 0 Å². The summed E-state index contributed by atoms with van der Waals surface area (Å²) in [6, 6.07) is 0. The van der Waals surface area contributed by atoms with E-state index >= 15 is 0 Å². The number of carbonyl (C=O) groups is 2. The summed E-state index contributed by atoms with van der Waals surface area (Å²) >= 11 is 0. The molecule has 4 saturated carbocycles. The predicted molar refractivity (Wildman–Crippen MR) is 128 cm³/mol. The molecule has 0 aromatic rings. The Kier molecular flexibility index (Phi) is 6.24. The van der Waals surface area contributed by atoms with Crippen LogP contribution in [0, 0.1) is 52.3 Å². The minimum atomic E-state index is -0.115. The lowest BCUT2D eigenvalue weighted by Crippen LogP contribution is -2.54. The third kappa shape index (κ3) is 3.81. The molecule has 4 aliphatic carbocycles. The van der Waals surface area contributed by atoms with E-state index in [9.17, 15) is 9.59 Å².